The second-order valence-corrected chi connectivity index (χ2v) is 7.27. The summed E-state index contributed by atoms with van der Waals surface area (Å²) in [4.78, 5) is 18.3. The zero-order chi connectivity index (χ0) is 17.6. The Morgan fingerprint density at radius 3 is 2.76 bits per heavy atom. The lowest BCUT2D eigenvalue weighted by atomic mass is 9.77. The minimum absolute atomic E-state index is 0.000443. The normalized spacial score (nSPS) is 28.8. The number of aliphatic hydroxyl groups is 1. The van der Waals surface area contributed by atoms with Crippen LogP contribution in [0.4, 0.5) is 4.39 Å². The number of benzene rings is 1. The molecule has 1 saturated heterocycles. The van der Waals surface area contributed by atoms with E-state index < -0.39 is 11.9 Å². The third kappa shape index (κ3) is 3.02. The quantitative estimate of drug-likeness (QED) is 0.886. The predicted octanol–water partition coefficient (Wildman–Crippen LogP) is 2.15. The zero-order valence-corrected chi connectivity index (χ0v) is 14.2. The van der Waals surface area contributed by atoms with E-state index in [4.69, 9.17) is 11.6 Å². The van der Waals surface area contributed by atoms with Gasteiger partial charge in [0, 0.05) is 18.1 Å². The van der Waals surface area contributed by atoms with Crippen molar-refractivity contribution in [2.75, 3.05) is 13.1 Å². The summed E-state index contributed by atoms with van der Waals surface area (Å²) in [6, 6.07) is 3.87. The number of nitrogens with zero attached hydrogens (tertiary/aromatic N) is 4. The average molecular weight is 365 g/mol. The molecule has 0 radical (unpaired) electrons. The highest BCUT2D eigenvalue weighted by Gasteiger charge is 2.44. The summed E-state index contributed by atoms with van der Waals surface area (Å²) in [6.45, 7) is 1.07. The van der Waals surface area contributed by atoms with Crippen molar-refractivity contribution < 1.29 is 14.3 Å². The van der Waals surface area contributed by atoms with Crippen LogP contribution in [0.1, 0.15) is 29.2 Å². The number of hydrogen-bond donors (Lipinski definition) is 1. The molecule has 1 aromatic heterocycles. The fourth-order valence-corrected chi connectivity index (χ4v) is 4.25. The Kier molecular flexibility index (Phi) is 4.21. The first-order valence-corrected chi connectivity index (χ1v) is 8.67. The van der Waals surface area contributed by atoms with Gasteiger partial charge in [-0.2, -0.15) is 5.10 Å². The van der Waals surface area contributed by atoms with Crippen LogP contribution in [0.15, 0.2) is 30.9 Å². The maximum absolute atomic E-state index is 14.0. The monoisotopic (exact) mass is 364 g/mol. The van der Waals surface area contributed by atoms with Crippen molar-refractivity contribution in [2.24, 2.45) is 11.8 Å². The molecule has 1 aliphatic carbocycles. The van der Waals surface area contributed by atoms with Crippen molar-refractivity contribution in [2.45, 2.75) is 25.0 Å². The van der Waals surface area contributed by atoms with Gasteiger partial charge >= 0.3 is 0 Å². The smallest absolute Gasteiger partial charge is 0.256 e. The van der Waals surface area contributed by atoms with Gasteiger partial charge in [0.15, 0.2) is 0 Å². The Morgan fingerprint density at radius 2 is 2.04 bits per heavy atom. The topological polar surface area (TPSA) is 71.2 Å². The van der Waals surface area contributed by atoms with Crippen LogP contribution in [0.3, 0.4) is 0 Å². The first-order chi connectivity index (χ1) is 12.0. The van der Waals surface area contributed by atoms with Crippen molar-refractivity contribution >= 4 is 17.5 Å². The Balaban J connectivity index is 1.51. The van der Waals surface area contributed by atoms with Crippen molar-refractivity contribution in [3.63, 3.8) is 0 Å². The third-order valence-electron chi connectivity index (χ3n) is 5.33. The number of amides is 1. The van der Waals surface area contributed by atoms with Gasteiger partial charge in [-0.1, -0.05) is 11.6 Å². The summed E-state index contributed by atoms with van der Waals surface area (Å²) in [6.07, 6.45) is 3.84. The number of hydrogen-bond acceptors (Lipinski definition) is 4. The number of aliphatic hydroxyl groups excluding tert-OH is 1. The van der Waals surface area contributed by atoms with Crippen LogP contribution < -0.4 is 0 Å². The molecular weight excluding hydrogens is 347 g/mol. The molecule has 0 unspecified atom stereocenters. The summed E-state index contributed by atoms with van der Waals surface area (Å²) in [5.41, 5.74) is -0.000443. The lowest BCUT2D eigenvalue weighted by Gasteiger charge is -2.34. The molecule has 2 aromatic rings. The van der Waals surface area contributed by atoms with E-state index in [1.54, 1.807) is 15.9 Å². The Labute approximate surface area is 149 Å². The van der Waals surface area contributed by atoms with Gasteiger partial charge in [0.1, 0.15) is 18.5 Å². The van der Waals surface area contributed by atoms with E-state index in [1.165, 1.54) is 24.5 Å². The van der Waals surface area contributed by atoms with Crippen LogP contribution in [0.25, 0.3) is 0 Å². The van der Waals surface area contributed by atoms with Gasteiger partial charge < -0.3 is 10.0 Å². The molecule has 6 nitrogen and oxygen atoms in total. The molecule has 25 heavy (non-hydrogen) atoms. The molecule has 0 spiro atoms. The number of carbonyl (C=O) groups excluding carboxylic acids is 1. The SMILES string of the molecule is O=C(c1cc(Cl)ccc1F)N1C[C@H]2C[C@@H](n3cncn3)[C@H](O)C[C@H]2C1. The Morgan fingerprint density at radius 1 is 1.28 bits per heavy atom. The molecule has 2 aliphatic rings. The molecule has 2 fully saturated rings. The highest BCUT2D eigenvalue weighted by molar-refractivity contribution is 6.31. The lowest BCUT2D eigenvalue weighted by molar-refractivity contribution is 0.0304. The van der Waals surface area contributed by atoms with Gasteiger partial charge in [-0.3, -0.25) is 4.79 Å². The third-order valence-corrected chi connectivity index (χ3v) is 5.57. The largest absolute Gasteiger partial charge is 0.391 e. The van der Waals surface area contributed by atoms with Crippen molar-refractivity contribution in [3.05, 3.63) is 47.3 Å². The molecule has 1 aliphatic heterocycles. The van der Waals surface area contributed by atoms with E-state index in [-0.39, 0.29) is 29.3 Å². The van der Waals surface area contributed by atoms with Gasteiger partial charge in [-0.05, 0) is 42.9 Å². The van der Waals surface area contributed by atoms with E-state index in [1.807, 2.05) is 0 Å². The minimum atomic E-state index is -0.565. The molecule has 1 saturated carbocycles. The fourth-order valence-electron chi connectivity index (χ4n) is 4.08. The number of fused-ring (bicyclic) bond motifs is 1. The number of likely N-dealkylation sites (tertiary alicyclic amines) is 1. The number of aromatic nitrogens is 3. The van der Waals surface area contributed by atoms with Crippen LogP contribution in [0, 0.1) is 17.7 Å². The van der Waals surface area contributed by atoms with Crippen molar-refractivity contribution in [3.8, 4) is 0 Å². The van der Waals surface area contributed by atoms with Gasteiger partial charge in [0.25, 0.3) is 5.91 Å². The van der Waals surface area contributed by atoms with Crippen LogP contribution >= 0.6 is 11.6 Å². The summed E-state index contributed by atoms with van der Waals surface area (Å²) in [5.74, 6) is -0.448. The van der Waals surface area contributed by atoms with E-state index in [9.17, 15) is 14.3 Å². The number of halogens is 2. The fraction of sp³-hybridized carbons (Fsp3) is 0.471. The maximum atomic E-state index is 14.0. The minimum Gasteiger partial charge on any atom is -0.391 e. The van der Waals surface area contributed by atoms with Crippen LogP contribution in [0.2, 0.25) is 5.02 Å². The summed E-state index contributed by atoms with van der Waals surface area (Å²) in [5, 5.41) is 14.9. The van der Waals surface area contributed by atoms with Crippen LogP contribution in [-0.4, -0.2) is 49.9 Å². The summed E-state index contributed by atoms with van der Waals surface area (Å²) >= 11 is 5.90. The first-order valence-electron chi connectivity index (χ1n) is 8.29. The van der Waals surface area contributed by atoms with Gasteiger partial charge in [0.2, 0.25) is 0 Å². The first kappa shape index (κ1) is 16.5. The number of rotatable bonds is 2. The van der Waals surface area contributed by atoms with E-state index in [0.717, 1.165) is 6.42 Å². The van der Waals surface area contributed by atoms with Crippen molar-refractivity contribution in [1.82, 2.24) is 19.7 Å². The molecule has 0 bridgehead atoms. The van der Waals surface area contributed by atoms with Gasteiger partial charge in [0.05, 0.1) is 17.7 Å². The number of carbonyl (C=O) groups is 1. The predicted molar refractivity (Wildman–Crippen MR) is 88.6 cm³/mol. The highest BCUT2D eigenvalue weighted by Crippen LogP contribution is 2.41. The molecule has 2 heterocycles. The molecule has 132 valence electrons. The Hall–Kier alpha value is -1.99. The van der Waals surface area contributed by atoms with Gasteiger partial charge in [-0.25, -0.2) is 14.1 Å². The Bertz CT molecular complexity index is 785. The molecule has 1 N–H and O–H groups in total. The van der Waals surface area contributed by atoms with E-state index >= 15 is 0 Å². The maximum Gasteiger partial charge on any atom is 0.256 e. The standard InChI is InChI=1S/C17H18ClFN4O2/c18-12-1-2-14(19)13(5-12)17(25)22-6-10-3-15(23-9-20-8-21-23)16(24)4-11(10)7-22/h1-2,5,8-11,15-16,24H,3-4,6-7H2/t10-,11+,15-,16-/m1/s1. The lowest BCUT2D eigenvalue weighted by Crippen LogP contribution is -2.36. The molecule has 8 heteroatoms. The summed E-state index contributed by atoms with van der Waals surface area (Å²) < 4.78 is 15.7. The van der Waals surface area contributed by atoms with Crippen molar-refractivity contribution in [1.29, 1.82) is 0 Å². The second-order valence-electron chi connectivity index (χ2n) is 6.84. The molecule has 4 atom stereocenters. The van der Waals surface area contributed by atoms with E-state index in [0.29, 0.717) is 24.5 Å². The highest BCUT2D eigenvalue weighted by atomic mass is 35.5. The summed E-state index contributed by atoms with van der Waals surface area (Å²) in [7, 11) is 0. The van der Waals surface area contributed by atoms with Gasteiger partial charge in [-0.15, -0.1) is 0 Å². The van der Waals surface area contributed by atoms with Crippen LogP contribution in [-0.2, 0) is 0 Å². The molecule has 1 amide bonds. The van der Waals surface area contributed by atoms with Crippen LogP contribution in [0.5, 0.6) is 0 Å². The van der Waals surface area contributed by atoms with E-state index in [2.05, 4.69) is 10.1 Å². The zero-order valence-electron chi connectivity index (χ0n) is 13.4. The molecular formula is C17H18ClFN4O2. The molecule has 1 aromatic carbocycles. The second kappa shape index (κ2) is 6.38. The molecule has 4 rings (SSSR count). The average Bonchev–Trinajstić information content (AvgIpc) is 3.24.